The van der Waals surface area contributed by atoms with Crippen molar-refractivity contribution in [3.05, 3.63) is 29.3 Å². The maximum atomic E-state index is 11.8. The number of rotatable bonds is 5. The van der Waals surface area contributed by atoms with E-state index in [1.165, 1.54) is 6.07 Å². The van der Waals surface area contributed by atoms with Crippen LogP contribution in [0.3, 0.4) is 0 Å². The molecule has 0 radical (unpaired) electrons. The van der Waals surface area contributed by atoms with Crippen LogP contribution in [-0.4, -0.2) is 28.1 Å². The Kier molecular flexibility index (Phi) is 4.71. The molecular formula is C13H17NO4. The number of hydrogen-bond donors (Lipinski definition) is 3. The minimum Gasteiger partial charge on any atom is -0.508 e. The summed E-state index contributed by atoms with van der Waals surface area (Å²) >= 11 is 0. The molecule has 0 spiro atoms. The molecule has 0 saturated carbocycles. The number of amides is 1. The summed E-state index contributed by atoms with van der Waals surface area (Å²) in [5, 5.41) is 20.7. The van der Waals surface area contributed by atoms with Crippen molar-refractivity contribution in [2.45, 2.75) is 32.7 Å². The van der Waals surface area contributed by atoms with Gasteiger partial charge in [0, 0.05) is 18.0 Å². The zero-order valence-corrected chi connectivity index (χ0v) is 10.4. The minimum atomic E-state index is -0.885. The highest BCUT2D eigenvalue weighted by atomic mass is 16.4. The third kappa shape index (κ3) is 4.08. The Bertz CT molecular complexity index is 456. The van der Waals surface area contributed by atoms with E-state index in [0.29, 0.717) is 17.5 Å². The standard InChI is InChI=1S/C13H17NO4/c1-8-3-5-10(7-11(8)15)13(18)14-9(2)4-6-12(16)17/h3,5,7,9,15H,4,6H2,1-2H3,(H,14,18)(H,16,17). The van der Waals surface area contributed by atoms with Crippen molar-refractivity contribution >= 4 is 11.9 Å². The number of phenols is 1. The molecule has 0 heterocycles. The fourth-order valence-electron chi connectivity index (χ4n) is 1.47. The number of carboxylic acid groups (broad SMARTS) is 1. The summed E-state index contributed by atoms with van der Waals surface area (Å²) in [4.78, 5) is 22.2. The van der Waals surface area contributed by atoms with Gasteiger partial charge < -0.3 is 15.5 Å². The first-order valence-corrected chi connectivity index (χ1v) is 5.72. The zero-order valence-electron chi connectivity index (χ0n) is 10.4. The van der Waals surface area contributed by atoms with E-state index < -0.39 is 5.97 Å². The van der Waals surface area contributed by atoms with E-state index in [4.69, 9.17) is 5.11 Å². The molecule has 0 aliphatic heterocycles. The number of aromatic hydroxyl groups is 1. The number of aryl methyl sites for hydroxylation is 1. The normalized spacial score (nSPS) is 11.9. The van der Waals surface area contributed by atoms with E-state index in [1.54, 1.807) is 26.0 Å². The maximum absolute atomic E-state index is 11.8. The van der Waals surface area contributed by atoms with Crippen LogP contribution in [0, 0.1) is 6.92 Å². The quantitative estimate of drug-likeness (QED) is 0.743. The molecule has 0 aliphatic carbocycles. The third-order valence-electron chi connectivity index (χ3n) is 2.64. The Hall–Kier alpha value is -2.04. The number of carboxylic acids is 1. The molecule has 98 valence electrons. The van der Waals surface area contributed by atoms with E-state index in [-0.39, 0.29) is 24.1 Å². The first-order valence-electron chi connectivity index (χ1n) is 5.72. The van der Waals surface area contributed by atoms with E-state index >= 15 is 0 Å². The summed E-state index contributed by atoms with van der Waals surface area (Å²) in [6, 6.07) is 4.45. The molecule has 1 amide bonds. The third-order valence-corrected chi connectivity index (χ3v) is 2.64. The number of nitrogens with one attached hydrogen (secondary N) is 1. The highest BCUT2D eigenvalue weighted by Crippen LogP contribution is 2.17. The second-order valence-electron chi connectivity index (χ2n) is 4.31. The average Bonchev–Trinajstić information content (AvgIpc) is 2.30. The van der Waals surface area contributed by atoms with Crippen LogP contribution in [0.25, 0.3) is 0 Å². The molecule has 3 N–H and O–H groups in total. The lowest BCUT2D eigenvalue weighted by Gasteiger charge is -2.13. The van der Waals surface area contributed by atoms with Crippen molar-refractivity contribution in [3.63, 3.8) is 0 Å². The molecule has 1 unspecified atom stereocenters. The maximum Gasteiger partial charge on any atom is 0.303 e. The van der Waals surface area contributed by atoms with Crippen molar-refractivity contribution in [2.24, 2.45) is 0 Å². The van der Waals surface area contributed by atoms with Gasteiger partial charge in [-0.3, -0.25) is 9.59 Å². The summed E-state index contributed by atoms with van der Waals surface area (Å²) in [5.74, 6) is -1.13. The van der Waals surface area contributed by atoms with Crippen LogP contribution in [-0.2, 0) is 4.79 Å². The number of phenolic OH excluding ortho intramolecular Hbond substituents is 1. The van der Waals surface area contributed by atoms with Crippen molar-refractivity contribution in [1.82, 2.24) is 5.32 Å². The van der Waals surface area contributed by atoms with Crippen molar-refractivity contribution < 1.29 is 19.8 Å². The first-order chi connectivity index (χ1) is 8.40. The lowest BCUT2D eigenvalue weighted by molar-refractivity contribution is -0.137. The highest BCUT2D eigenvalue weighted by Gasteiger charge is 2.12. The highest BCUT2D eigenvalue weighted by molar-refractivity contribution is 5.94. The van der Waals surface area contributed by atoms with Gasteiger partial charge in [0.2, 0.25) is 0 Å². The van der Waals surface area contributed by atoms with Gasteiger partial charge in [0.1, 0.15) is 5.75 Å². The Morgan fingerprint density at radius 3 is 2.61 bits per heavy atom. The van der Waals surface area contributed by atoms with Crippen LogP contribution in [0.15, 0.2) is 18.2 Å². The van der Waals surface area contributed by atoms with Crippen molar-refractivity contribution in [2.75, 3.05) is 0 Å². The van der Waals surface area contributed by atoms with E-state index in [2.05, 4.69) is 5.32 Å². The molecule has 5 nitrogen and oxygen atoms in total. The number of carbonyl (C=O) groups is 2. The summed E-state index contributed by atoms with van der Waals surface area (Å²) in [6.07, 6.45) is 0.388. The molecule has 0 saturated heterocycles. The predicted molar refractivity (Wildman–Crippen MR) is 66.6 cm³/mol. The molecule has 0 bridgehead atoms. The summed E-state index contributed by atoms with van der Waals surface area (Å²) < 4.78 is 0. The monoisotopic (exact) mass is 251 g/mol. The molecule has 18 heavy (non-hydrogen) atoms. The van der Waals surface area contributed by atoms with Gasteiger partial charge in [0.15, 0.2) is 0 Å². The molecular weight excluding hydrogens is 234 g/mol. The van der Waals surface area contributed by atoms with E-state index in [9.17, 15) is 14.7 Å². The molecule has 5 heteroatoms. The van der Waals surface area contributed by atoms with Gasteiger partial charge in [-0.1, -0.05) is 6.07 Å². The van der Waals surface area contributed by atoms with Gasteiger partial charge in [-0.2, -0.15) is 0 Å². The Morgan fingerprint density at radius 2 is 2.06 bits per heavy atom. The second kappa shape index (κ2) is 6.05. The van der Waals surface area contributed by atoms with Crippen LogP contribution in [0.5, 0.6) is 5.75 Å². The number of aliphatic carboxylic acids is 1. The smallest absolute Gasteiger partial charge is 0.303 e. The van der Waals surface area contributed by atoms with Crippen molar-refractivity contribution in [1.29, 1.82) is 0 Å². The van der Waals surface area contributed by atoms with Crippen LogP contribution in [0.4, 0.5) is 0 Å². The topological polar surface area (TPSA) is 86.6 Å². The molecule has 0 aromatic heterocycles. The average molecular weight is 251 g/mol. The minimum absolute atomic E-state index is 0.0145. The van der Waals surface area contributed by atoms with Crippen molar-refractivity contribution in [3.8, 4) is 5.75 Å². The van der Waals surface area contributed by atoms with E-state index in [1.807, 2.05) is 0 Å². The fourth-order valence-corrected chi connectivity index (χ4v) is 1.47. The number of carbonyl (C=O) groups excluding carboxylic acids is 1. The molecule has 1 aromatic carbocycles. The number of benzene rings is 1. The largest absolute Gasteiger partial charge is 0.508 e. The first kappa shape index (κ1) is 14.0. The zero-order chi connectivity index (χ0) is 13.7. The summed E-state index contributed by atoms with van der Waals surface area (Å²) in [7, 11) is 0. The Morgan fingerprint density at radius 1 is 1.39 bits per heavy atom. The SMILES string of the molecule is Cc1ccc(C(=O)NC(C)CCC(=O)O)cc1O. The van der Waals surface area contributed by atoms with Crippen LogP contribution in [0.1, 0.15) is 35.7 Å². The molecule has 1 aromatic rings. The molecule has 0 fully saturated rings. The Labute approximate surface area is 105 Å². The van der Waals surface area contributed by atoms with Gasteiger partial charge >= 0.3 is 5.97 Å². The predicted octanol–water partition coefficient (Wildman–Crippen LogP) is 1.68. The number of hydrogen-bond acceptors (Lipinski definition) is 3. The lowest BCUT2D eigenvalue weighted by Crippen LogP contribution is -2.32. The van der Waals surface area contributed by atoms with Gasteiger partial charge in [-0.25, -0.2) is 0 Å². The molecule has 0 aliphatic rings. The van der Waals surface area contributed by atoms with Gasteiger partial charge in [0.05, 0.1) is 0 Å². The van der Waals surface area contributed by atoms with Crippen LogP contribution >= 0.6 is 0 Å². The van der Waals surface area contributed by atoms with E-state index in [0.717, 1.165) is 0 Å². The van der Waals surface area contributed by atoms with Crippen LogP contribution in [0.2, 0.25) is 0 Å². The lowest BCUT2D eigenvalue weighted by atomic mass is 10.1. The van der Waals surface area contributed by atoms with Gasteiger partial charge in [-0.05, 0) is 38.0 Å². The Balaban J connectivity index is 2.59. The second-order valence-corrected chi connectivity index (χ2v) is 4.31. The van der Waals surface area contributed by atoms with Gasteiger partial charge in [0.25, 0.3) is 5.91 Å². The summed E-state index contributed by atoms with van der Waals surface area (Å²) in [6.45, 7) is 3.49. The molecule has 1 atom stereocenters. The van der Waals surface area contributed by atoms with Crippen LogP contribution < -0.4 is 5.32 Å². The molecule has 1 rings (SSSR count). The van der Waals surface area contributed by atoms with Gasteiger partial charge in [-0.15, -0.1) is 0 Å². The summed E-state index contributed by atoms with van der Waals surface area (Å²) in [5.41, 5.74) is 1.06. The fraction of sp³-hybridized carbons (Fsp3) is 0.385.